The van der Waals surface area contributed by atoms with E-state index in [4.69, 9.17) is 28.1 Å². The Morgan fingerprint density at radius 3 is 2.45 bits per heavy atom. The van der Waals surface area contributed by atoms with Crippen LogP contribution in [0.1, 0.15) is 61.5 Å². The van der Waals surface area contributed by atoms with E-state index in [9.17, 15) is 14.4 Å². The molecule has 44 heavy (non-hydrogen) atoms. The lowest BCUT2D eigenvalue weighted by Gasteiger charge is -2.28. The number of aryl methyl sites for hydroxylation is 1. The first-order valence-electron chi connectivity index (χ1n) is 14.6. The van der Waals surface area contributed by atoms with Gasteiger partial charge in [-0.3, -0.25) is 9.59 Å². The molecule has 0 aliphatic carbocycles. The minimum atomic E-state index is -1.37. The zero-order valence-corrected chi connectivity index (χ0v) is 26.7. The fourth-order valence-corrected chi connectivity index (χ4v) is 5.39. The second-order valence-electron chi connectivity index (χ2n) is 10.3. The third-order valence-electron chi connectivity index (χ3n) is 7.20. The number of cyclic esters (lactones) is 1. The first kappa shape index (κ1) is 33.4. The molecule has 10 nitrogen and oxygen atoms in total. The zero-order valence-electron chi connectivity index (χ0n) is 25.1. The van der Waals surface area contributed by atoms with Gasteiger partial charge in [-0.2, -0.15) is 0 Å². The number of imide groups is 1. The number of hydrogen-bond donors (Lipinski definition) is 0. The average Bonchev–Trinajstić information content (AvgIpc) is 3.60. The van der Waals surface area contributed by atoms with E-state index in [0.717, 1.165) is 22.4 Å². The molecule has 1 aliphatic heterocycles. The zero-order chi connectivity index (χ0) is 31.5. The van der Waals surface area contributed by atoms with Crippen molar-refractivity contribution in [3.05, 3.63) is 93.9 Å². The number of furan rings is 1. The molecule has 2 aromatic carbocycles. The number of ether oxygens (including phenoxy) is 5. The first-order chi connectivity index (χ1) is 21.3. The largest absolute Gasteiger partial charge is 0.461 e. The van der Waals surface area contributed by atoms with Crippen molar-refractivity contribution in [1.82, 2.24) is 4.90 Å². The van der Waals surface area contributed by atoms with E-state index in [2.05, 4.69) is 22.9 Å². The fraction of sp³-hybridized carbons (Fsp3) is 0.424. The van der Waals surface area contributed by atoms with Gasteiger partial charge in [0.2, 0.25) is 0 Å². The minimum absolute atomic E-state index is 0.0000729. The summed E-state index contributed by atoms with van der Waals surface area (Å²) in [6.45, 7) is 4.78. The summed E-state index contributed by atoms with van der Waals surface area (Å²) in [5.41, 5.74) is 1.84. The van der Waals surface area contributed by atoms with Crippen LogP contribution in [0.25, 0.3) is 0 Å². The van der Waals surface area contributed by atoms with E-state index in [1.165, 1.54) is 14.0 Å². The maximum absolute atomic E-state index is 13.7. The van der Waals surface area contributed by atoms with Crippen LogP contribution in [0, 0.1) is 0 Å². The summed E-state index contributed by atoms with van der Waals surface area (Å²) in [6, 6.07) is 20.1. The third kappa shape index (κ3) is 8.78. The van der Waals surface area contributed by atoms with Crippen LogP contribution in [0.15, 0.2) is 75.6 Å². The molecule has 1 aromatic heterocycles. The van der Waals surface area contributed by atoms with Crippen LogP contribution >= 0.6 is 15.9 Å². The van der Waals surface area contributed by atoms with Crippen molar-refractivity contribution < 1.29 is 42.5 Å². The van der Waals surface area contributed by atoms with Crippen LogP contribution in [-0.2, 0) is 46.3 Å². The van der Waals surface area contributed by atoms with E-state index in [0.29, 0.717) is 42.9 Å². The van der Waals surface area contributed by atoms with Crippen molar-refractivity contribution in [3.8, 4) is 0 Å². The van der Waals surface area contributed by atoms with Crippen molar-refractivity contribution in [3.63, 3.8) is 0 Å². The number of hydrogen-bond acceptors (Lipinski definition) is 9. The molecule has 0 saturated carbocycles. The molecule has 2 amide bonds. The average molecular weight is 673 g/mol. The summed E-state index contributed by atoms with van der Waals surface area (Å²) in [5.74, 6) is -0.557. The maximum Gasteiger partial charge on any atom is 0.417 e. The normalized spacial score (nSPS) is 16.8. The van der Waals surface area contributed by atoms with Crippen molar-refractivity contribution in [1.29, 1.82) is 0 Å². The summed E-state index contributed by atoms with van der Waals surface area (Å²) >= 11 is 3.52. The SMILES string of the molecule is CC[C@H](COCCCc1oc([C@@H](OC(C)=O)[C@H](OC)C(=O)N2C(=O)OC[C@@H]2c2ccccc2)cc1Br)OCc1ccccc1. The highest BCUT2D eigenvalue weighted by atomic mass is 79.9. The van der Waals surface area contributed by atoms with Gasteiger partial charge in [0, 0.05) is 27.1 Å². The summed E-state index contributed by atoms with van der Waals surface area (Å²) in [4.78, 5) is 39.5. The number of esters is 1. The second-order valence-corrected chi connectivity index (χ2v) is 11.2. The van der Waals surface area contributed by atoms with Gasteiger partial charge in [0.25, 0.3) is 5.91 Å². The summed E-state index contributed by atoms with van der Waals surface area (Å²) in [5, 5.41) is 0. The first-order valence-corrected chi connectivity index (χ1v) is 15.4. The van der Waals surface area contributed by atoms with Gasteiger partial charge in [-0.15, -0.1) is 0 Å². The molecule has 11 heteroatoms. The molecule has 0 bridgehead atoms. The highest BCUT2D eigenvalue weighted by Gasteiger charge is 2.46. The Balaban J connectivity index is 1.37. The number of halogens is 1. The Kier molecular flexibility index (Phi) is 12.5. The molecule has 2 heterocycles. The standard InChI is InChI=1S/C33H38BrNO9/c1-4-25(41-19-23-12-7-5-8-13-23)20-40-17-11-16-28-26(34)18-29(44-28)30(43-22(2)36)31(39-3)32(37)35-27(21-42-33(35)38)24-14-9-6-10-15-24/h5-10,12-15,18,25,27,30-31H,4,11,16-17,19-21H2,1-3H3/t25-,27-,30-,31+/m1/s1. The van der Waals surface area contributed by atoms with Gasteiger partial charge >= 0.3 is 12.1 Å². The van der Waals surface area contributed by atoms with Crippen LogP contribution in [0.4, 0.5) is 4.79 Å². The number of carbonyl (C=O) groups excluding carboxylic acids is 3. The molecule has 0 N–H and O–H groups in total. The van der Waals surface area contributed by atoms with Gasteiger partial charge in [0.05, 0.1) is 23.8 Å². The monoisotopic (exact) mass is 671 g/mol. The predicted octanol–water partition coefficient (Wildman–Crippen LogP) is 6.33. The molecule has 3 aromatic rings. The molecule has 1 aliphatic rings. The summed E-state index contributed by atoms with van der Waals surface area (Å²) < 4.78 is 34.9. The van der Waals surface area contributed by atoms with E-state index >= 15 is 0 Å². The molecular weight excluding hydrogens is 634 g/mol. The molecule has 0 spiro atoms. The van der Waals surface area contributed by atoms with Crippen molar-refractivity contribution in [2.45, 2.75) is 64.1 Å². The van der Waals surface area contributed by atoms with Crippen LogP contribution in [-0.4, -0.2) is 62.0 Å². The number of amides is 2. The van der Waals surface area contributed by atoms with Gasteiger partial charge in [-0.1, -0.05) is 67.6 Å². The lowest BCUT2D eigenvalue weighted by Crippen LogP contribution is -2.45. The molecule has 0 unspecified atom stereocenters. The lowest BCUT2D eigenvalue weighted by atomic mass is 10.0. The highest BCUT2D eigenvalue weighted by Crippen LogP contribution is 2.35. The number of carbonyl (C=O) groups is 3. The molecule has 1 saturated heterocycles. The van der Waals surface area contributed by atoms with E-state index in [-0.39, 0.29) is 18.5 Å². The molecule has 1 fully saturated rings. The van der Waals surface area contributed by atoms with E-state index in [1.54, 1.807) is 18.2 Å². The molecule has 4 atom stereocenters. The number of benzene rings is 2. The number of nitrogens with zero attached hydrogens (tertiary/aromatic N) is 1. The minimum Gasteiger partial charge on any atom is -0.461 e. The Labute approximate surface area is 265 Å². The second kappa shape index (κ2) is 16.5. The van der Waals surface area contributed by atoms with Gasteiger partial charge < -0.3 is 28.1 Å². The smallest absolute Gasteiger partial charge is 0.417 e. The molecule has 0 radical (unpaired) electrons. The molecular formula is C33H38BrNO9. The maximum atomic E-state index is 13.7. The third-order valence-corrected chi connectivity index (χ3v) is 7.87. The Bertz CT molecular complexity index is 1360. The Morgan fingerprint density at radius 1 is 1.09 bits per heavy atom. The van der Waals surface area contributed by atoms with Crippen LogP contribution in [0.2, 0.25) is 0 Å². The highest BCUT2D eigenvalue weighted by molar-refractivity contribution is 9.10. The number of methoxy groups -OCH3 is 1. The summed E-state index contributed by atoms with van der Waals surface area (Å²) in [6.07, 6.45) is -1.42. The number of rotatable bonds is 16. The van der Waals surface area contributed by atoms with Crippen LogP contribution in [0.5, 0.6) is 0 Å². The topological polar surface area (TPSA) is 114 Å². The molecule has 236 valence electrons. The quantitative estimate of drug-likeness (QED) is 0.127. The van der Waals surface area contributed by atoms with E-state index < -0.39 is 36.2 Å². The van der Waals surface area contributed by atoms with Crippen molar-refractivity contribution in [2.24, 2.45) is 0 Å². The Hall–Kier alpha value is -3.51. The summed E-state index contributed by atoms with van der Waals surface area (Å²) in [7, 11) is 1.31. The van der Waals surface area contributed by atoms with Crippen molar-refractivity contribution in [2.75, 3.05) is 26.9 Å². The Morgan fingerprint density at radius 2 is 1.80 bits per heavy atom. The molecule has 4 rings (SSSR count). The van der Waals surface area contributed by atoms with Gasteiger partial charge in [0.1, 0.15) is 24.2 Å². The lowest BCUT2D eigenvalue weighted by molar-refractivity contribution is -0.164. The predicted molar refractivity (Wildman–Crippen MR) is 164 cm³/mol. The van der Waals surface area contributed by atoms with Crippen molar-refractivity contribution >= 4 is 33.9 Å². The van der Waals surface area contributed by atoms with Crippen LogP contribution in [0.3, 0.4) is 0 Å². The van der Waals surface area contributed by atoms with Gasteiger partial charge in [0.15, 0.2) is 12.2 Å². The van der Waals surface area contributed by atoms with Crippen LogP contribution < -0.4 is 0 Å². The van der Waals surface area contributed by atoms with Gasteiger partial charge in [-0.05, 0) is 46.0 Å². The van der Waals surface area contributed by atoms with E-state index in [1.807, 2.05) is 48.5 Å². The van der Waals surface area contributed by atoms with Gasteiger partial charge in [-0.25, -0.2) is 9.69 Å². The fourth-order valence-electron chi connectivity index (χ4n) is 4.88.